The van der Waals surface area contributed by atoms with Gasteiger partial charge in [-0.3, -0.25) is 0 Å². The zero-order valence-corrected chi connectivity index (χ0v) is 11.2. The van der Waals surface area contributed by atoms with E-state index in [-0.39, 0.29) is 24.0 Å². The summed E-state index contributed by atoms with van der Waals surface area (Å²) in [6, 6.07) is 1.86. The van der Waals surface area contributed by atoms with Gasteiger partial charge in [-0.1, -0.05) is 26.7 Å². The molecule has 2 nitrogen and oxygen atoms in total. The molecule has 0 saturated carbocycles. The average Bonchev–Trinajstić information content (AvgIpc) is 2.42. The fraction of sp³-hybridized carbons (Fsp3) is 0.429. The Bertz CT molecular complexity index is 547. The summed E-state index contributed by atoms with van der Waals surface area (Å²) in [6.07, 6.45) is 1.50. The van der Waals surface area contributed by atoms with Crippen molar-refractivity contribution in [2.24, 2.45) is 0 Å². The first-order chi connectivity index (χ1) is 9.47. The van der Waals surface area contributed by atoms with Crippen LogP contribution in [0, 0.1) is 34.9 Å². The summed E-state index contributed by atoms with van der Waals surface area (Å²) in [5.74, 6) is -6.53. The minimum Gasteiger partial charge on any atom is -0.201 e. The lowest BCUT2D eigenvalue weighted by molar-refractivity contribution is 0.403. The third-order valence-electron chi connectivity index (χ3n) is 2.80. The van der Waals surface area contributed by atoms with Crippen LogP contribution in [0.3, 0.4) is 0 Å². The lowest BCUT2D eigenvalue weighted by Gasteiger charge is -2.12. The van der Waals surface area contributed by atoms with E-state index in [2.05, 4.69) is 4.98 Å². The van der Waals surface area contributed by atoms with Crippen LogP contribution in [0.4, 0.5) is 17.6 Å². The van der Waals surface area contributed by atoms with Crippen LogP contribution in [0.1, 0.15) is 45.1 Å². The number of halogens is 4. The van der Waals surface area contributed by atoms with E-state index < -0.39 is 29.1 Å². The second-order valence-electron chi connectivity index (χ2n) is 4.27. The topological polar surface area (TPSA) is 36.7 Å². The standard InChI is InChI=1S/C14H14F4N2/c1-3-5-8(7-19)9(6-4-2)10-11(15)13(17)20-14(18)12(10)16/h3-6H2,1-2H3/b9-8-. The molecule has 0 radical (unpaired) electrons. The minimum absolute atomic E-state index is 0.00653. The first-order valence-electron chi connectivity index (χ1n) is 6.30. The van der Waals surface area contributed by atoms with E-state index in [1.54, 1.807) is 13.8 Å². The molecule has 0 aromatic carbocycles. The van der Waals surface area contributed by atoms with E-state index in [4.69, 9.17) is 5.26 Å². The molecule has 1 aromatic rings. The molecule has 1 heterocycles. The Morgan fingerprint density at radius 1 is 1.00 bits per heavy atom. The third kappa shape index (κ3) is 3.16. The highest BCUT2D eigenvalue weighted by molar-refractivity contribution is 5.72. The number of aromatic nitrogens is 1. The number of hydrogen-bond acceptors (Lipinski definition) is 2. The quantitative estimate of drug-likeness (QED) is 0.453. The van der Waals surface area contributed by atoms with Crippen LogP contribution >= 0.6 is 0 Å². The molecule has 0 aliphatic carbocycles. The van der Waals surface area contributed by atoms with E-state index in [0.29, 0.717) is 12.8 Å². The van der Waals surface area contributed by atoms with E-state index in [1.807, 2.05) is 6.07 Å². The molecule has 1 aromatic heterocycles. The molecule has 0 fully saturated rings. The fourth-order valence-corrected chi connectivity index (χ4v) is 1.95. The van der Waals surface area contributed by atoms with Crippen molar-refractivity contribution in [1.82, 2.24) is 4.98 Å². The number of allylic oxidation sites excluding steroid dienone is 2. The third-order valence-corrected chi connectivity index (χ3v) is 2.80. The summed E-state index contributed by atoms with van der Waals surface area (Å²) in [4.78, 5) is 2.52. The van der Waals surface area contributed by atoms with Crippen LogP contribution in [0.5, 0.6) is 0 Å². The molecule has 20 heavy (non-hydrogen) atoms. The van der Waals surface area contributed by atoms with E-state index in [0.717, 1.165) is 0 Å². The van der Waals surface area contributed by atoms with Gasteiger partial charge in [-0.2, -0.15) is 19.0 Å². The Morgan fingerprint density at radius 2 is 1.50 bits per heavy atom. The Kier molecular flexibility index (Phi) is 5.68. The van der Waals surface area contributed by atoms with Crippen LogP contribution < -0.4 is 0 Å². The smallest absolute Gasteiger partial charge is 0.201 e. The van der Waals surface area contributed by atoms with Gasteiger partial charge in [0.1, 0.15) is 0 Å². The molecule has 0 atom stereocenters. The molecule has 0 aliphatic rings. The van der Waals surface area contributed by atoms with Crippen LogP contribution in [0.25, 0.3) is 5.57 Å². The van der Waals surface area contributed by atoms with Crippen molar-refractivity contribution in [2.45, 2.75) is 39.5 Å². The summed E-state index contributed by atoms with van der Waals surface area (Å²) in [5, 5.41) is 9.08. The predicted molar refractivity (Wildman–Crippen MR) is 66.4 cm³/mol. The summed E-state index contributed by atoms with van der Waals surface area (Å²) in [6.45, 7) is 3.53. The van der Waals surface area contributed by atoms with Crippen molar-refractivity contribution in [3.63, 3.8) is 0 Å². The van der Waals surface area contributed by atoms with Gasteiger partial charge >= 0.3 is 0 Å². The van der Waals surface area contributed by atoms with Crippen molar-refractivity contribution in [3.8, 4) is 6.07 Å². The lowest BCUT2D eigenvalue weighted by atomic mass is 9.94. The molecule has 6 heteroatoms. The molecule has 0 spiro atoms. The van der Waals surface area contributed by atoms with Gasteiger partial charge in [-0.05, 0) is 18.4 Å². The van der Waals surface area contributed by atoms with E-state index in [9.17, 15) is 17.6 Å². The maximum atomic E-state index is 13.8. The van der Waals surface area contributed by atoms with Gasteiger partial charge in [-0.15, -0.1) is 0 Å². The predicted octanol–water partition coefficient (Wildman–Crippen LogP) is 4.52. The number of nitriles is 1. The molecule has 0 amide bonds. The Hall–Kier alpha value is -1.90. The normalized spacial score (nSPS) is 12.1. The molecule has 0 bridgehead atoms. The second-order valence-corrected chi connectivity index (χ2v) is 4.27. The lowest BCUT2D eigenvalue weighted by Crippen LogP contribution is -2.07. The fourth-order valence-electron chi connectivity index (χ4n) is 1.95. The molecule has 0 aliphatic heterocycles. The molecular formula is C14H14F4N2. The summed E-state index contributed by atoms with van der Waals surface area (Å²) in [5.41, 5.74) is -0.675. The largest absolute Gasteiger partial charge is 0.252 e. The second kappa shape index (κ2) is 7.04. The molecule has 0 saturated heterocycles. The van der Waals surface area contributed by atoms with Crippen molar-refractivity contribution in [3.05, 3.63) is 34.7 Å². The van der Waals surface area contributed by atoms with Gasteiger partial charge in [0.25, 0.3) is 11.9 Å². The molecule has 108 valence electrons. The summed E-state index contributed by atoms with van der Waals surface area (Å²) < 4.78 is 53.9. The SMILES string of the molecule is CCC/C(C#N)=C(\CCC)c1c(F)c(F)nc(F)c1F. The Balaban J connectivity index is 3.63. The van der Waals surface area contributed by atoms with Gasteiger partial charge in [0.2, 0.25) is 0 Å². The van der Waals surface area contributed by atoms with Crippen LogP contribution in [0.15, 0.2) is 5.57 Å². The summed E-state index contributed by atoms with van der Waals surface area (Å²) >= 11 is 0. The maximum absolute atomic E-state index is 13.8. The highest BCUT2D eigenvalue weighted by atomic mass is 19.2. The Morgan fingerprint density at radius 3 is 1.90 bits per heavy atom. The van der Waals surface area contributed by atoms with E-state index in [1.165, 1.54) is 0 Å². The summed E-state index contributed by atoms with van der Waals surface area (Å²) in [7, 11) is 0. The number of hydrogen-bond donors (Lipinski definition) is 0. The van der Waals surface area contributed by atoms with Gasteiger partial charge in [0.05, 0.1) is 11.6 Å². The number of rotatable bonds is 5. The first kappa shape index (κ1) is 16.2. The molecule has 0 N–H and O–H groups in total. The van der Waals surface area contributed by atoms with Crippen LogP contribution in [0.2, 0.25) is 0 Å². The maximum Gasteiger partial charge on any atom is 0.252 e. The zero-order chi connectivity index (χ0) is 15.3. The van der Waals surface area contributed by atoms with Gasteiger partial charge in [0.15, 0.2) is 11.6 Å². The number of pyridine rings is 1. The van der Waals surface area contributed by atoms with Crippen molar-refractivity contribution in [1.29, 1.82) is 5.26 Å². The van der Waals surface area contributed by atoms with Crippen LogP contribution in [-0.4, -0.2) is 4.98 Å². The molecular weight excluding hydrogens is 272 g/mol. The van der Waals surface area contributed by atoms with Gasteiger partial charge in [-0.25, -0.2) is 8.78 Å². The number of nitrogens with zero attached hydrogens (tertiary/aromatic N) is 2. The zero-order valence-electron chi connectivity index (χ0n) is 11.2. The highest BCUT2D eigenvalue weighted by Gasteiger charge is 2.25. The van der Waals surface area contributed by atoms with Crippen molar-refractivity contribution >= 4 is 5.57 Å². The minimum atomic E-state index is -1.71. The monoisotopic (exact) mass is 286 g/mol. The first-order valence-corrected chi connectivity index (χ1v) is 6.30. The van der Waals surface area contributed by atoms with Gasteiger partial charge in [0, 0.05) is 5.57 Å². The van der Waals surface area contributed by atoms with Crippen molar-refractivity contribution in [2.75, 3.05) is 0 Å². The van der Waals surface area contributed by atoms with Crippen molar-refractivity contribution < 1.29 is 17.6 Å². The van der Waals surface area contributed by atoms with Gasteiger partial charge < -0.3 is 0 Å². The van der Waals surface area contributed by atoms with Crippen LogP contribution in [-0.2, 0) is 0 Å². The molecule has 1 rings (SSSR count). The van der Waals surface area contributed by atoms with E-state index >= 15 is 0 Å². The molecule has 0 unspecified atom stereocenters. The highest BCUT2D eigenvalue weighted by Crippen LogP contribution is 2.31. The Labute approximate surface area is 114 Å². The average molecular weight is 286 g/mol.